The van der Waals surface area contributed by atoms with Gasteiger partial charge in [0.05, 0.1) is 6.42 Å². The summed E-state index contributed by atoms with van der Waals surface area (Å²) in [7, 11) is 0. The van der Waals surface area contributed by atoms with Crippen molar-refractivity contribution >= 4 is 17.3 Å². The van der Waals surface area contributed by atoms with Crippen molar-refractivity contribution in [1.29, 1.82) is 0 Å². The Kier molecular flexibility index (Phi) is 2.21. The Hall–Kier alpha value is -1.11. The van der Waals surface area contributed by atoms with E-state index in [0.717, 1.165) is 12.1 Å². The molecular weight excluding hydrogens is 166 g/mol. The SMILES string of the molecule is [C+]1=NC(Cc2ccccc2)=CS1. The molecule has 0 saturated carbocycles. The Bertz CT molecular complexity index is 314. The van der Waals surface area contributed by atoms with Gasteiger partial charge in [-0.05, 0) is 5.56 Å². The van der Waals surface area contributed by atoms with Crippen LogP contribution < -0.4 is 0 Å². The van der Waals surface area contributed by atoms with Gasteiger partial charge in [-0.2, -0.15) is 0 Å². The van der Waals surface area contributed by atoms with Crippen LogP contribution in [0.4, 0.5) is 0 Å². The second kappa shape index (κ2) is 3.53. The maximum atomic E-state index is 4.11. The summed E-state index contributed by atoms with van der Waals surface area (Å²) in [5.74, 6) is 0. The number of thioether (sulfide) groups is 1. The molecule has 0 N–H and O–H groups in total. The topological polar surface area (TPSA) is 12.4 Å². The van der Waals surface area contributed by atoms with E-state index >= 15 is 0 Å². The molecule has 0 saturated heterocycles. The van der Waals surface area contributed by atoms with Gasteiger partial charge in [-0.1, -0.05) is 30.3 Å². The van der Waals surface area contributed by atoms with Gasteiger partial charge in [0.15, 0.2) is 0 Å². The van der Waals surface area contributed by atoms with Crippen molar-refractivity contribution in [2.45, 2.75) is 6.42 Å². The lowest BCUT2D eigenvalue weighted by atomic mass is 10.1. The third-order valence-electron chi connectivity index (χ3n) is 1.66. The monoisotopic (exact) mass is 174 g/mol. The zero-order chi connectivity index (χ0) is 8.23. The summed E-state index contributed by atoms with van der Waals surface area (Å²) < 4.78 is 0. The second-order valence-electron chi connectivity index (χ2n) is 2.59. The van der Waals surface area contributed by atoms with E-state index < -0.39 is 0 Å². The van der Waals surface area contributed by atoms with E-state index in [-0.39, 0.29) is 0 Å². The lowest BCUT2D eigenvalue weighted by Gasteiger charge is -1.91. The molecule has 0 amide bonds. The van der Waals surface area contributed by atoms with Gasteiger partial charge in [0.25, 0.3) is 5.55 Å². The van der Waals surface area contributed by atoms with E-state index in [9.17, 15) is 0 Å². The van der Waals surface area contributed by atoms with Crippen molar-refractivity contribution in [3.63, 3.8) is 0 Å². The van der Waals surface area contributed by atoms with E-state index in [0.29, 0.717) is 0 Å². The van der Waals surface area contributed by atoms with Crippen LogP contribution in [0.5, 0.6) is 0 Å². The number of aliphatic imine (C=N–C) groups is 1. The molecule has 1 aromatic carbocycles. The van der Waals surface area contributed by atoms with Crippen LogP contribution in [-0.4, -0.2) is 5.55 Å². The summed E-state index contributed by atoms with van der Waals surface area (Å²) in [6, 6.07) is 10.3. The molecule has 0 aliphatic carbocycles. The quantitative estimate of drug-likeness (QED) is 0.628. The van der Waals surface area contributed by atoms with Gasteiger partial charge in [-0.3, -0.25) is 0 Å². The first-order valence-electron chi connectivity index (χ1n) is 3.79. The molecule has 2 heteroatoms. The van der Waals surface area contributed by atoms with E-state index in [1.807, 2.05) is 23.6 Å². The third-order valence-corrected chi connectivity index (χ3v) is 2.25. The van der Waals surface area contributed by atoms with Crippen LogP contribution in [0, 0.1) is 0 Å². The average molecular weight is 174 g/mol. The number of benzene rings is 1. The molecule has 0 spiro atoms. The highest BCUT2D eigenvalue weighted by atomic mass is 32.2. The number of rotatable bonds is 2. The smallest absolute Gasteiger partial charge is 0.0622 e. The van der Waals surface area contributed by atoms with Gasteiger partial charge >= 0.3 is 0 Å². The van der Waals surface area contributed by atoms with Gasteiger partial charge in [-0.25, -0.2) is 0 Å². The zero-order valence-electron chi connectivity index (χ0n) is 6.53. The fourth-order valence-electron chi connectivity index (χ4n) is 1.09. The molecule has 0 radical (unpaired) electrons. The average Bonchev–Trinajstić information content (AvgIpc) is 2.59. The minimum atomic E-state index is 0.917. The molecule has 1 heterocycles. The molecule has 0 fully saturated rings. The number of allylic oxidation sites excluding steroid dienone is 1. The summed E-state index contributed by atoms with van der Waals surface area (Å²) in [6.45, 7) is 0. The van der Waals surface area contributed by atoms with Crippen LogP contribution in [0.3, 0.4) is 0 Å². The first-order valence-corrected chi connectivity index (χ1v) is 4.67. The zero-order valence-corrected chi connectivity index (χ0v) is 7.34. The molecule has 1 aliphatic rings. The van der Waals surface area contributed by atoms with E-state index in [1.165, 1.54) is 17.3 Å². The summed E-state index contributed by atoms with van der Waals surface area (Å²) in [4.78, 5) is 4.11. The van der Waals surface area contributed by atoms with Crippen LogP contribution in [0.15, 0.2) is 46.4 Å². The van der Waals surface area contributed by atoms with Crippen molar-refractivity contribution < 1.29 is 0 Å². The number of hydrogen-bond donors (Lipinski definition) is 0. The standard InChI is InChI=1S/C10H8NS/c1-2-4-9(5-3-1)6-10-7-12-8-11-10/h1-5,7H,6H2/q+1. The Labute approximate surface area is 76.2 Å². The lowest BCUT2D eigenvalue weighted by Crippen LogP contribution is -1.84. The second-order valence-corrected chi connectivity index (χ2v) is 3.25. The molecule has 0 aromatic heterocycles. The van der Waals surface area contributed by atoms with E-state index in [1.54, 1.807) is 0 Å². The molecule has 0 bridgehead atoms. The number of nitrogens with zero attached hydrogens (tertiary/aromatic N) is 1. The normalized spacial score (nSPS) is 14.2. The number of hydrogen-bond acceptors (Lipinski definition) is 2. The molecule has 1 nitrogen and oxygen atoms in total. The summed E-state index contributed by atoms with van der Waals surface area (Å²) in [5, 5.41) is 2.03. The molecule has 0 unspecified atom stereocenters. The molecule has 2 rings (SSSR count). The van der Waals surface area contributed by atoms with Crippen molar-refractivity contribution in [1.82, 2.24) is 0 Å². The predicted octanol–water partition coefficient (Wildman–Crippen LogP) is 2.72. The van der Waals surface area contributed by atoms with Crippen LogP contribution >= 0.6 is 11.8 Å². The van der Waals surface area contributed by atoms with Crippen LogP contribution in [0.1, 0.15) is 5.56 Å². The highest BCUT2D eigenvalue weighted by Crippen LogP contribution is 2.17. The van der Waals surface area contributed by atoms with Gasteiger partial charge in [0, 0.05) is 4.99 Å². The molecule has 0 atom stereocenters. The molecule has 1 aromatic rings. The van der Waals surface area contributed by atoms with E-state index in [4.69, 9.17) is 0 Å². The summed E-state index contributed by atoms with van der Waals surface area (Å²) >= 11 is 1.52. The minimum Gasteiger partial charge on any atom is -0.0622 e. The van der Waals surface area contributed by atoms with Crippen LogP contribution in [0.25, 0.3) is 0 Å². The maximum absolute atomic E-state index is 4.11. The molecule has 12 heavy (non-hydrogen) atoms. The van der Waals surface area contributed by atoms with Crippen LogP contribution in [0.2, 0.25) is 0 Å². The fourth-order valence-corrected chi connectivity index (χ4v) is 1.59. The summed E-state index contributed by atoms with van der Waals surface area (Å²) in [6.07, 6.45) is 0.917. The third kappa shape index (κ3) is 1.73. The van der Waals surface area contributed by atoms with Gasteiger partial charge in [-0.15, -0.1) is 0 Å². The lowest BCUT2D eigenvalue weighted by molar-refractivity contribution is 1.13. The first-order chi connectivity index (χ1) is 5.95. The van der Waals surface area contributed by atoms with Gasteiger partial charge in [0.1, 0.15) is 17.2 Å². The maximum Gasteiger partial charge on any atom is 0.271 e. The Morgan fingerprint density at radius 3 is 2.75 bits per heavy atom. The summed E-state index contributed by atoms with van der Waals surface area (Å²) in [5.41, 5.74) is 5.25. The highest BCUT2D eigenvalue weighted by Gasteiger charge is 2.12. The van der Waals surface area contributed by atoms with Crippen LogP contribution in [-0.2, 0) is 6.42 Å². The van der Waals surface area contributed by atoms with Crippen molar-refractivity contribution in [3.05, 3.63) is 47.0 Å². The molecular formula is C10H8NS+. The molecule has 1 aliphatic heterocycles. The van der Waals surface area contributed by atoms with Gasteiger partial charge < -0.3 is 0 Å². The minimum absolute atomic E-state index is 0.917. The van der Waals surface area contributed by atoms with Crippen molar-refractivity contribution in [2.75, 3.05) is 0 Å². The van der Waals surface area contributed by atoms with Crippen molar-refractivity contribution in [3.8, 4) is 0 Å². The van der Waals surface area contributed by atoms with E-state index in [2.05, 4.69) is 22.7 Å². The molecule has 58 valence electrons. The Morgan fingerprint density at radius 2 is 2.08 bits per heavy atom. The Balaban J connectivity index is 2.09. The van der Waals surface area contributed by atoms with Gasteiger partial charge in [0.2, 0.25) is 5.70 Å². The fraction of sp³-hybridized carbons (Fsp3) is 0.100. The largest absolute Gasteiger partial charge is 0.271 e. The predicted molar refractivity (Wildman–Crippen MR) is 53.3 cm³/mol. The first kappa shape index (κ1) is 7.53. The Morgan fingerprint density at radius 1 is 1.25 bits per heavy atom. The van der Waals surface area contributed by atoms with Crippen molar-refractivity contribution in [2.24, 2.45) is 4.99 Å². The highest BCUT2D eigenvalue weighted by molar-refractivity contribution is 8.14.